The molecule has 1 aliphatic carbocycles. The molecule has 0 saturated carbocycles. The topological polar surface area (TPSA) is 0 Å². The zero-order valence-electron chi connectivity index (χ0n) is 17.8. The fraction of sp³-hybridized carbons (Fsp3) is 0.172. The summed E-state index contributed by atoms with van der Waals surface area (Å²) in [5, 5.41) is 2.74. The third-order valence-corrected chi connectivity index (χ3v) is 8.16. The van der Waals surface area contributed by atoms with Gasteiger partial charge in [0, 0.05) is 25.6 Å². The minimum atomic E-state index is 0.0533. The van der Waals surface area contributed by atoms with E-state index in [9.17, 15) is 0 Å². The summed E-state index contributed by atoms with van der Waals surface area (Å²) in [5.74, 6) is 0. The molecular weight excluding hydrogens is 380 g/mol. The van der Waals surface area contributed by atoms with Crippen LogP contribution >= 0.6 is 11.3 Å². The highest BCUT2D eigenvalue weighted by Gasteiger charge is 2.36. The van der Waals surface area contributed by atoms with Crippen LogP contribution in [0, 0.1) is 13.8 Å². The van der Waals surface area contributed by atoms with Crippen LogP contribution in [0.15, 0.2) is 72.8 Å². The van der Waals surface area contributed by atoms with E-state index in [1.165, 1.54) is 64.7 Å². The summed E-state index contributed by atoms with van der Waals surface area (Å²) in [4.78, 5) is 0. The van der Waals surface area contributed by atoms with Gasteiger partial charge in [-0.25, -0.2) is 0 Å². The highest BCUT2D eigenvalue weighted by Crippen LogP contribution is 2.51. The Kier molecular flexibility index (Phi) is 3.62. The molecule has 0 spiro atoms. The van der Waals surface area contributed by atoms with E-state index in [1.54, 1.807) is 0 Å². The molecule has 0 bridgehead atoms. The van der Waals surface area contributed by atoms with Crippen molar-refractivity contribution in [3.8, 4) is 22.3 Å². The zero-order chi connectivity index (χ0) is 20.6. The van der Waals surface area contributed by atoms with Crippen molar-refractivity contribution < 1.29 is 0 Å². The Labute approximate surface area is 181 Å². The van der Waals surface area contributed by atoms with Crippen molar-refractivity contribution >= 4 is 31.5 Å². The van der Waals surface area contributed by atoms with Gasteiger partial charge in [-0.3, -0.25) is 0 Å². The molecular formula is C29H24S. The number of aryl methyl sites for hydroxylation is 1. The smallest absolute Gasteiger partial charge is 0.0358 e. The molecule has 0 atom stereocenters. The van der Waals surface area contributed by atoms with Crippen LogP contribution in [0.1, 0.15) is 36.1 Å². The SMILES string of the molecule is Cc1cc2sc3ccccc3c2cc1-c1ccc2c(c1C)-c1ccccc1C2(C)C. The predicted molar refractivity (Wildman–Crippen MR) is 132 cm³/mol. The first-order valence-electron chi connectivity index (χ1n) is 10.6. The minimum absolute atomic E-state index is 0.0533. The van der Waals surface area contributed by atoms with Gasteiger partial charge in [-0.05, 0) is 76.6 Å². The number of hydrogen-bond acceptors (Lipinski definition) is 1. The van der Waals surface area contributed by atoms with Crippen molar-refractivity contribution in [2.75, 3.05) is 0 Å². The Morgan fingerprint density at radius 3 is 2.27 bits per heavy atom. The molecule has 30 heavy (non-hydrogen) atoms. The molecule has 0 saturated heterocycles. The lowest BCUT2D eigenvalue weighted by Crippen LogP contribution is -2.14. The molecule has 0 N–H and O–H groups in total. The maximum absolute atomic E-state index is 2.42. The maximum Gasteiger partial charge on any atom is 0.0358 e. The van der Waals surface area contributed by atoms with Gasteiger partial charge in [-0.15, -0.1) is 11.3 Å². The summed E-state index contributed by atoms with van der Waals surface area (Å²) in [6.07, 6.45) is 0. The Hall–Kier alpha value is -2.90. The summed E-state index contributed by atoms with van der Waals surface area (Å²) in [7, 11) is 0. The summed E-state index contributed by atoms with van der Waals surface area (Å²) in [5.41, 5.74) is 11.2. The van der Waals surface area contributed by atoms with Gasteiger partial charge in [0.2, 0.25) is 0 Å². The van der Waals surface area contributed by atoms with Gasteiger partial charge in [-0.2, -0.15) is 0 Å². The molecule has 0 fully saturated rings. The van der Waals surface area contributed by atoms with Gasteiger partial charge in [0.1, 0.15) is 0 Å². The molecule has 6 rings (SSSR count). The Balaban J connectivity index is 1.65. The predicted octanol–water partition coefficient (Wildman–Crippen LogP) is 8.64. The van der Waals surface area contributed by atoms with Crippen molar-refractivity contribution in [2.45, 2.75) is 33.1 Å². The first-order valence-corrected chi connectivity index (χ1v) is 11.4. The van der Waals surface area contributed by atoms with E-state index in [0.29, 0.717) is 0 Å². The van der Waals surface area contributed by atoms with Gasteiger partial charge < -0.3 is 0 Å². The van der Waals surface area contributed by atoms with Gasteiger partial charge in [-0.1, -0.05) is 68.4 Å². The second kappa shape index (κ2) is 6.06. The van der Waals surface area contributed by atoms with Crippen LogP contribution in [0.2, 0.25) is 0 Å². The lowest BCUT2D eigenvalue weighted by molar-refractivity contribution is 0.660. The lowest BCUT2D eigenvalue weighted by Gasteiger charge is -2.22. The van der Waals surface area contributed by atoms with Crippen LogP contribution in [-0.4, -0.2) is 0 Å². The van der Waals surface area contributed by atoms with E-state index < -0.39 is 0 Å². The summed E-state index contributed by atoms with van der Waals surface area (Å²) in [6, 6.07) is 27.2. The number of benzene rings is 4. The second-order valence-corrected chi connectivity index (χ2v) is 10.2. The zero-order valence-corrected chi connectivity index (χ0v) is 18.7. The lowest BCUT2D eigenvalue weighted by atomic mass is 9.81. The number of thiophene rings is 1. The molecule has 5 aromatic rings. The molecule has 1 heterocycles. The van der Waals surface area contributed by atoms with Crippen LogP contribution in [0.3, 0.4) is 0 Å². The third kappa shape index (κ3) is 2.27. The van der Waals surface area contributed by atoms with E-state index in [0.717, 1.165) is 0 Å². The van der Waals surface area contributed by atoms with E-state index >= 15 is 0 Å². The Bertz CT molecular complexity index is 1480. The summed E-state index contributed by atoms with van der Waals surface area (Å²) >= 11 is 1.89. The molecule has 146 valence electrons. The van der Waals surface area contributed by atoms with Crippen molar-refractivity contribution in [1.82, 2.24) is 0 Å². The molecule has 1 aliphatic rings. The van der Waals surface area contributed by atoms with Crippen LogP contribution in [-0.2, 0) is 5.41 Å². The van der Waals surface area contributed by atoms with E-state index in [1.807, 2.05) is 11.3 Å². The molecule has 0 unspecified atom stereocenters. The summed E-state index contributed by atoms with van der Waals surface area (Å²) < 4.78 is 2.74. The fourth-order valence-corrected chi connectivity index (χ4v) is 6.61. The maximum atomic E-state index is 2.42. The van der Waals surface area contributed by atoms with Crippen molar-refractivity contribution in [1.29, 1.82) is 0 Å². The van der Waals surface area contributed by atoms with E-state index in [-0.39, 0.29) is 5.41 Å². The molecule has 0 nitrogen and oxygen atoms in total. The van der Waals surface area contributed by atoms with Crippen molar-refractivity contribution in [3.05, 3.63) is 95.1 Å². The quantitative estimate of drug-likeness (QED) is 0.262. The first kappa shape index (κ1) is 17.9. The van der Waals surface area contributed by atoms with E-state index in [2.05, 4.69) is 100 Å². The van der Waals surface area contributed by atoms with Crippen LogP contribution in [0.5, 0.6) is 0 Å². The molecule has 0 aliphatic heterocycles. The molecule has 1 aromatic heterocycles. The Morgan fingerprint density at radius 2 is 1.40 bits per heavy atom. The van der Waals surface area contributed by atoms with Gasteiger partial charge >= 0.3 is 0 Å². The van der Waals surface area contributed by atoms with Gasteiger partial charge in [0.25, 0.3) is 0 Å². The van der Waals surface area contributed by atoms with Gasteiger partial charge in [0.05, 0.1) is 0 Å². The van der Waals surface area contributed by atoms with Crippen LogP contribution in [0.4, 0.5) is 0 Å². The fourth-order valence-electron chi connectivity index (χ4n) is 5.43. The molecule has 0 radical (unpaired) electrons. The standard InChI is InChI=1S/C29H24S/c1-17-15-27-23(20-9-6-8-12-26(20)30-27)16-22(17)19-13-14-25-28(18(19)2)21-10-5-7-11-24(21)29(25,3)4/h5-16H,1-4H3. The minimum Gasteiger partial charge on any atom is -0.135 e. The Morgan fingerprint density at radius 1 is 0.633 bits per heavy atom. The molecule has 1 heteroatoms. The molecule has 0 amide bonds. The van der Waals surface area contributed by atoms with Crippen molar-refractivity contribution in [2.24, 2.45) is 0 Å². The van der Waals surface area contributed by atoms with Crippen molar-refractivity contribution in [3.63, 3.8) is 0 Å². The van der Waals surface area contributed by atoms with Crippen LogP contribution < -0.4 is 0 Å². The number of rotatable bonds is 1. The average Bonchev–Trinajstić information content (AvgIpc) is 3.21. The third-order valence-electron chi connectivity index (χ3n) is 7.02. The molecule has 4 aromatic carbocycles. The highest BCUT2D eigenvalue weighted by molar-refractivity contribution is 7.25. The largest absolute Gasteiger partial charge is 0.135 e. The normalized spacial score (nSPS) is 14.3. The number of fused-ring (bicyclic) bond motifs is 6. The van der Waals surface area contributed by atoms with E-state index in [4.69, 9.17) is 0 Å². The number of hydrogen-bond donors (Lipinski definition) is 0. The second-order valence-electron chi connectivity index (χ2n) is 9.09. The van der Waals surface area contributed by atoms with Crippen LogP contribution in [0.25, 0.3) is 42.4 Å². The highest BCUT2D eigenvalue weighted by atomic mass is 32.1. The van der Waals surface area contributed by atoms with Gasteiger partial charge in [0.15, 0.2) is 0 Å². The average molecular weight is 405 g/mol. The monoisotopic (exact) mass is 404 g/mol. The summed E-state index contributed by atoms with van der Waals surface area (Å²) in [6.45, 7) is 9.27. The first-order chi connectivity index (χ1) is 14.5.